The topological polar surface area (TPSA) is 16.1 Å². The standard InChI is InChI=1S/C15H13BrN2S/c1-18(2)13-8-7-10(9-11(13)16)15-17-12-5-3-4-6-14(12)19-15/h3-9H,1-2H3. The van der Waals surface area contributed by atoms with Gasteiger partial charge in [0.05, 0.1) is 15.9 Å². The summed E-state index contributed by atoms with van der Waals surface area (Å²) < 4.78 is 2.32. The molecule has 0 unspecified atom stereocenters. The van der Waals surface area contributed by atoms with Crippen molar-refractivity contribution in [3.05, 3.63) is 46.9 Å². The maximum atomic E-state index is 4.68. The normalized spacial score (nSPS) is 10.9. The van der Waals surface area contributed by atoms with E-state index in [2.05, 4.69) is 62.2 Å². The van der Waals surface area contributed by atoms with Gasteiger partial charge in [-0.2, -0.15) is 0 Å². The van der Waals surface area contributed by atoms with Gasteiger partial charge in [-0.15, -0.1) is 11.3 Å². The SMILES string of the molecule is CN(C)c1ccc(-c2nc3ccccc3s2)cc1Br. The Labute approximate surface area is 124 Å². The average molecular weight is 333 g/mol. The highest BCUT2D eigenvalue weighted by Crippen LogP contribution is 2.34. The quantitative estimate of drug-likeness (QED) is 0.670. The molecule has 0 saturated carbocycles. The van der Waals surface area contributed by atoms with Gasteiger partial charge in [-0.25, -0.2) is 4.98 Å². The monoisotopic (exact) mass is 332 g/mol. The van der Waals surface area contributed by atoms with E-state index in [-0.39, 0.29) is 0 Å². The summed E-state index contributed by atoms with van der Waals surface area (Å²) in [5.74, 6) is 0. The molecule has 19 heavy (non-hydrogen) atoms. The van der Waals surface area contributed by atoms with E-state index in [1.807, 2.05) is 20.2 Å². The number of aromatic nitrogens is 1. The second-order valence-corrected chi connectivity index (χ2v) is 6.43. The first kappa shape index (κ1) is 12.6. The molecular formula is C15H13BrN2S. The van der Waals surface area contributed by atoms with E-state index in [1.165, 1.54) is 10.4 Å². The number of fused-ring (bicyclic) bond motifs is 1. The van der Waals surface area contributed by atoms with Gasteiger partial charge in [0.25, 0.3) is 0 Å². The number of hydrogen-bond acceptors (Lipinski definition) is 3. The number of halogens is 1. The number of rotatable bonds is 2. The van der Waals surface area contributed by atoms with Crippen LogP contribution >= 0.6 is 27.3 Å². The van der Waals surface area contributed by atoms with Crippen molar-refractivity contribution in [1.82, 2.24) is 4.98 Å². The van der Waals surface area contributed by atoms with Crippen molar-refractivity contribution >= 4 is 43.2 Å². The van der Waals surface area contributed by atoms with E-state index < -0.39 is 0 Å². The third kappa shape index (κ3) is 2.38. The minimum absolute atomic E-state index is 1.06. The molecule has 96 valence electrons. The number of benzene rings is 2. The molecule has 0 atom stereocenters. The zero-order valence-corrected chi connectivity index (χ0v) is 13.1. The third-order valence-corrected chi connectivity index (χ3v) is 4.69. The van der Waals surface area contributed by atoms with Crippen molar-refractivity contribution in [2.45, 2.75) is 0 Å². The zero-order valence-electron chi connectivity index (χ0n) is 10.7. The van der Waals surface area contributed by atoms with Crippen LogP contribution in [0, 0.1) is 0 Å². The van der Waals surface area contributed by atoms with Gasteiger partial charge in [0.1, 0.15) is 5.01 Å². The van der Waals surface area contributed by atoms with Gasteiger partial charge < -0.3 is 4.90 Å². The molecule has 2 aromatic carbocycles. The van der Waals surface area contributed by atoms with Gasteiger partial charge in [0.15, 0.2) is 0 Å². The van der Waals surface area contributed by atoms with Crippen LogP contribution in [0.5, 0.6) is 0 Å². The van der Waals surface area contributed by atoms with E-state index in [0.29, 0.717) is 0 Å². The van der Waals surface area contributed by atoms with Crippen LogP contribution in [0.15, 0.2) is 46.9 Å². The smallest absolute Gasteiger partial charge is 0.124 e. The lowest BCUT2D eigenvalue weighted by Crippen LogP contribution is -2.08. The highest BCUT2D eigenvalue weighted by atomic mass is 79.9. The Balaban J connectivity index is 2.09. The van der Waals surface area contributed by atoms with Crippen LogP contribution in [0.2, 0.25) is 0 Å². The summed E-state index contributed by atoms with van der Waals surface area (Å²) >= 11 is 5.35. The lowest BCUT2D eigenvalue weighted by molar-refractivity contribution is 1.12. The molecule has 0 saturated heterocycles. The molecular weight excluding hydrogens is 320 g/mol. The van der Waals surface area contributed by atoms with Crippen molar-refractivity contribution in [3.63, 3.8) is 0 Å². The molecule has 0 N–H and O–H groups in total. The van der Waals surface area contributed by atoms with Crippen molar-refractivity contribution in [2.75, 3.05) is 19.0 Å². The molecule has 0 fully saturated rings. The zero-order chi connectivity index (χ0) is 13.4. The number of thiazole rings is 1. The van der Waals surface area contributed by atoms with Crippen molar-refractivity contribution in [3.8, 4) is 10.6 Å². The summed E-state index contributed by atoms with van der Waals surface area (Å²) in [7, 11) is 4.08. The summed E-state index contributed by atoms with van der Waals surface area (Å²) in [5, 5.41) is 1.06. The Morgan fingerprint density at radius 1 is 1.11 bits per heavy atom. The Morgan fingerprint density at radius 2 is 1.89 bits per heavy atom. The van der Waals surface area contributed by atoms with E-state index in [4.69, 9.17) is 0 Å². The third-order valence-electron chi connectivity index (χ3n) is 2.97. The molecule has 3 aromatic rings. The van der Waals surface area contributed by atoms with Crippen LogP contribution in [-0.4, -0.2) is 19.1 Å². The highest BCUT2D eigenvalue weighted by molar-refractivity contribution is 9.10. The maximum Gasteiger partial charge on any atom is 0.124 e. The van der Waals surface area contributed by atoms with Crippen LogP contribution in [0.25, 0.3) is 20.8 Å². The number of para-hydroxylation sites is 1. The minimum atomic E-state index is 1.06. The van der Waals surface area contributed by atoms with Crippen LogP contribution in [0.1, 0.15) is 0 Å². The van der Waals surface area contributed by atoms with E-state index in [1.54, 1.807) is 11.3 Å². The van der Waals surface area contributed by atoms with Crippen LogP contribution < -0.4 is 4.90 Å². The maximum absolute atomic E-state index is 4.68. The fourth-order valence-electron chi connectivity index (χ4n) is 2.00. The van der Waals surface area contributed by atoms with Crippen LogP contribution in [0.4, 0.5) is 5.69 Å². The number of nitrogens with zero attached hydrogens (tertiary/aromatic N) is 2. The predicted molar refractivity (Wildman–Crippen MR) is 87.1 cm³/mol. The first-order chi connectivity index (χ1) is 9.15. The number of hydrogen-bond donors (Lipinski definition) is 0. The second kappa shape index (κ2) is 4.94. The molecule has 0 bridgehead atoms. The lowest BCUT2D eigenvalue weighted by Gasteiger charge is -2.14. The molecule has 0 amide bonds. The fraction of sp³-hybridized carbons (Fsp3) is 0.133. The number of anilines is 1. The summed E-state index contributed by atoms with van der Waals surface area (Å²) in [6.07, 6.45) is 0. The van der Waals surface area contributed by atoms with Gasteiger partial charge in [-0.05, 0) is 46.3 Å². The molecule has 3 rings (SSSR count). The second-order valence-electron chi connectivity index (χ2n) is 4.55. The highest BCUT2D eigenvalue weighted by Gasteiger charge is 2.09. The molecule has 1 aromatic heterocycles. The van der Waals surface area contributed by atoms with Crippen molar-refractivity contribution in [1.29, 1.82) is 0 Å². The Morgan fingerprint density at radius 3 is 2.58 bits per heavy atom. The van der Waals surface area contributed by atoms with Gasteiger partial charge >= 0.3 is 0 Å². The first-order valence-corrected chi connectivity index (χ1v) is 7.59. The molecule has 0 aliphatic rings. The van der Waals surface area contributed by atoms with Crippen molar-refractivity contribution in [2.24, 2.45) is 0 Å². The van der Waals surface area contributed by atoms with Crippen LogP contribution in [0.3, 0.4) is 0 Å². The molecule has 2 nitrogen and oxygen atoms in total. The Kier molecular flexibility index (Phi) is 3.29. The first-order valence-electron chi connectivity index (χ1n) is 5.98. The van der Waals surface area contributed by atoms with Crippen LogP contribution in [-0.2, 0) is 0 Å². The van der Waals surface area contributed by atoms with E-state index in [9.17, 15) is 0 Å². The molecule has 0 radical (unpaired) electrons. The lowest BCUT2D eigenvalue weighted by atomic mass is 10.2. The van der Waals surface area contributed by atoms with E-state index >= 15 is 0 Å². The van der Waals surface area contributed by atoms with E-state index in [0.717, 1.165) is 20.6 Å². The molecule has 0 spiro atoms. The van der Waals surface area contributed by atoms with Gasteiger partial charge in [-0.1, -0.05) is 12.1 Å². The van der Waals surface area contributed by atoms with Crippen molar-refractivity contribution < 1.29 is 0 Å². The summed E-state index contributed by atoms with van der Waals surface area (Å²) in [5.41, 5.74) is 3.39. The minimum Gasteiger partial charge on any atom is -0.377 e. The molecule has 1 heterocycles. The average Bonchev–Trinajstić information content (AvgIpc) is 2.81. The largest absolute Gasteiger partial charge is 0.377 e. The molecule has 0 aliphatic heterocycles. The molecule has 4 heteroatoms. The van der Waals surface area contributed by atoms with Gasteiger partial charge in [0, 0.05) is 24.1 Å². The van der Waals surface area contributed by atoms with Gasteiger partial charge in [-0.3, -0.25) is 0 Å². The summed E-state index contributed by atoms with van der Waals surface area (Å²) in [6.45, 7) is 0. The van der Waals surface area contributed by atoms with Gasteiger partial charge in [0.2, 0.25) is 0 Å². The summed E-state index contributed by atoms with van der Waals surface area (Å²) in [4.78, 5) is 6.77. The predicted octanol–water partition coefficient (Wildman–Crippen LogP) is 4.79. The Hall–Kier alpha value is -1.39. The Bertz CT molecular complexity index is 701. The molecule has 0 aliphatic carbocycles. The summed E-state index contributed by atoms with van der Waals surface area (Å²) in [6, 6.07) is 14.6. The fourth-order valence-corrected chi connectivity index (χ4v) is 3.69.